The molecule has 0 bridgehead atoms. The van der Waals surface area contributed by atoms with Crippen molar-refractivity contribution in [3.8, 4) is 0 Å². The second kappa shape index (κ2) is 23.2. The molecule has 3 amide bonds. The first kappa shape index (κ1) is 46.3. The quantitative estimate of drug-likeness (QED) is 0.0369. The number of allylic oxidation sites excluding steroid dienone is 18. The van der Waals surface area contributed by atoms with Crippen LogP contribution in [0.2, 0.25) is 0 Å². The highest BCUT2D eigenvalue weighted by Gasteiger charge is 2.27. The lowest BCUT2D eigenvalue weighted by atomic mass is 9.72. The molecule has 0 radical (unpaired) electrons. The summed E-state index contributed by atoms with van der Waals surface area (Å²) in [4.78, 5) is 38.0. The minimum Gasteiger partial charge on any atom is -0.353 e. The Morgan fingerprint density at radius 2 is 1.17 bits per heavy atom. The number of nitrogens with one attached hydrogen (secondary N) is 3. The highest BCUT2D eigenvalue weighted by Crippen LogP contribution is 2.41. The van der Waals surface area contributed by atoms with Crippen molar-refractivity contribution in [1.29, 1.82) is 0 Å². The first-order valence-electron chi connectivity index (χ1n) is 19.7. The molecule has 7 heteroatoms. The first-order valence-corrected chi connectivity index (χ1v) is 20.4. The average molecular weight is 756 g/mol. The van der Waals surface area contributed by atoms with Gasteiger partial charge in [-0.1, -0.05) is 111 Å². The topological polar surface area (TPSA) is 87.3 Å². The van der Waals surface area contributed by atoms with Crippen LogP contribution in [0.5, 0.6) is 0 Å². The zero-order valence-electron chi connectivity index (χ0n) is 35.0. The fraction of sp³-hybridized carbons (Fsp3) is 0.511. The van der Waals surface area contributed by atoms with E-state index in [4.69, 9.17) is 0 Å². The number of hydrogen-bond acceptors (Lipinski definition) is 4. The van der Waals surface area contributed by atoms with Gasteiger partial charge in [0.25, 0.3) is 0 Å². The smallest absolute Gasteiger partial charge is 0.244 e. The average Bonchev–Trinajstić information content (AvgIpc) is 3.06. The van der Waals surface area contributed by atoms with E-state index in [1.807, 2.05) is 44.2 Å². The Hall–Kier alpha value is -3.84. The first-order chi connectivity index (χ1) is 25.4. The molecule has 1 atom stereocenters. The highest BCUT2D eigenvalue weighted by atomic mass is 32.1. The number of hydrogen-bond donors (Lipinski definition) is 4. The van der Waals surface area contributed by atoms with Gasteiger partial charge < -0.3 is 16.0 Å². The van der Waals surface area contributed by atoms with Gasteiger partial charge in [0, 0.05) is 18.7 Å². The standard InChI is InChI=1S/C47H69N3O3S/c1-34(24-26-40-38(5)21-15-28-46(40,7)8)17-13-19-36(3)31-43(51)48-30-12-11-23-42(45(53)49-33-54)50-44(52)32-37(4)20-14-18-35(2)25-27-41-39(6)22-16-29-47(41,9)10/h13-14,17-20,24-27,31-32,42,54H,11-12,15-16,21-23,28-30,33H2,1-10H3,(H,48,51)(H,49,53)(H,50,52)/b19-13+,20-14+,26-24+,27-25+,34-17+,35-18+,36-31+,37-32+. The van der Waals surface area contributed by atoms with Gasteiger partial charge in [0.15, 0.2) is 0 Å². The van der Waals surface area contributed by atoms with Crippen molar-refractivity contribution < 1.29 is 14.4 Å². The Labute approximate surface area is 333 Å². The van der Waals surface area contributed by atoms with Crippen LogP contribution < -0.4 is 16.0 Å². The molecule has 0 saturated heterocycles. The molecule has 0 saturated carbocycles. The fourth-order valence-electron chi connectivity index (χ4n) is 7.19. The maximum Gasteiger partial charge on any atom is 0.244 e. The zero-order chi connectivity index (χ0) is 40.3. The molecule has 0 spiro atoms. The summed E-state index contributed by atoms with van der Waals surface area (Å²) in [7, 11) is 0. The van der Waals surface area contributed by atoms with E-state index in [0.29, 0.717) is 25.8 Å². The molecule has 0 fully saturated rings. The van der Waals surface area contributed by atoms with Crippen LogP contribution >= 0.6 is 12.6 Å². The van der Waals surface area contributed by atoms with E-state index in [-0.39, 0.29) is 34.4 Å². The highest BCUT2D eigenvalue weighted by molar-refractivity contribution is 7.80. The van der Waals surface area contributed by atoms with Gasteiger partial charge in [-0.25, -0.2) is 0 Å². The normalized spacial score (nSPS) is 19.4. The van der Waals surface area contributed by atoms with Crippen molar-refractivity contribution in [1.82, 2.24) is 16.0 Å². The molecule has 54 heavy (non-hydrogen) atoms. The van der Waals surface area contributed by atoms with Crippen LogP contribution in [0.25, 0.3) is 0 Å². The number of thiol groups is 1. The third kappa shape index (κ3) is 17.1. The molecular formula is C47H69N3O3S. The fourth-order valence-corrected chi connectivity index (χ4v) is 7.35. The number of carbonyl (C=O) groups is 3. The summed E-state index contributed by atoms with van der Waals surface area (Å²) < 4.78 is 0. The summed E-state index contributed by atoms with van der Waals surface area (Å²) in [6, 6.07) is -0.698. The third-order valence-corrected chi connectivity index (χ3v) is 10.5. The third-order valence-electron chi connectivity index (χ3n) is 10.4. The van der Waals surface area contributed by atoms with E-state index in [1.165, 1.54) is 60.5 Å². The lowest BCUT2D eigenvalue weighted by molar-refractivity contribution is -0.127. The summed E-state index contributed by atoms with van der Waals surface area (Å²) in [5.74, 6) is -0.595. The number of carbonyl (C=O) groups excluding carboxylic acids is 3. The molecule has 0 aliphatic heterocycles. The Balaban J connectivity index is 1.84. The summed E-state index contributed by atoms with van der Waals surface area (Å²) in [5, 5.41) is 8.46. The maximum atomic E-state index is 12.8. The Morgan fingerprint density at radius 1 is 0.685 bits per heavy atom. The summed E-state index contributed by atoms with van der Waals surface area (Å²) in [6.45, 7) is 22.1. The Kier molecular flexibility index (Phi) is 19.9. The predicted molar refractivity (Wildman–Crippen MR) is 233 cm³/mol. The number of amides is 3. The molecule has 0 heterocycles. The van der Waals surface area contributed by atoms with E-state index in [0.717, 1.165) is 28.7 Å². The lowest BCUT2D eigenvalue weighted by Crippen LogP contribution is -2.46. The largest absolute Gasteiger partial charge is 0.353 e. The molecule has 3 N–H and O–H groups in total. The molecule has 6 nitrogen and oxygen atoms in total. The lowest BCUT2D eigenvalue weighted by Gasteiger charge is -2.33. The van der Waals surface area contributed by atoms with Crippen molar-refractivity contribution in [2.24, 2.45) is 10.8 Å². The molecule has 2 aliphatic carbocycles. The molecule has 0 aromatic heterocycles. The summed E-state index contributed by atoms with van der Waals surface area (Å²) in [5.41, 5.74) is 10.2. The van der Waals surface area contributed by atoms with Crippen LogP contribution in [0.15, 0.2) is 117 Å². The van der Waals surface area contributed by atoms with Crippen molar-refractivity contribution in [2.45, 2.75) is 133 Å². The minimum absolute atomic E-state index is 0.159. The van der Waals surface area contributed by atoms with Crippen LogP contribution in [0, 0.1) is 10.8 Å². The molecule has 296 valence electrons. The molecule has 1 unspecified atom stereocenters. The van der Waals surface area contributed by atoms with Crippen molar-refractivity contribution in [3.63, 3.8) is 0 Å². The van der Waals surface area contributed by atoms with Crippen LogP contribution in [-0.4, -0.2) is 36.2 Å². The zero-order valence-corrected chi connectivity index (χ0v) is 35.9. The van der Waals surface area contributed by atoms with Crippen LogP contribution in [0.3, 0.4) is 0 Å². The van der Waals surface area contributed by atoms with Gasteiger partial charge in [-0.2, -0.15) is 12.6 Å². The van der Waals surface area contributed by atoms with Crippen LogP contribution in [0.1, 0.15) is 127 Å². The van der Waals surface area contributed by atoms with Crippen LogP contribution in [0.4, 0.5) is 0 Å². The summed E-state index contributed by atoms with van der Waals surface area (Å²) >= 11 is 4.11. The molecule has 0 aromatic rings. The number of unbranched alkanes of at least 4 members (excludes halogenated alkanes) is 1. The monoisotopic (exact) mass is 756 g/mol. The van der Waals surface area contributed by atoms with Gasteiger partial charge in [-0.3, -0.25) is 14.4 Å². The van der Waals surface area contributed by atoms with Crippen molar-refractivity contribution in [2.75, 3.05) is 12.4 Å². The van der Waals surface area contributed by atoms with Crippen molar-refractivity contribution >= 4 is 30.4 Å². The van der Waals surface area contributed by atoms with Crippen LogP contribution in [-0.2, 0) is 14.4 Å². The Bertz CT molecular complexity index is 1640. The van der Waals surface area contributed by atoms with E-state index in [9.17, 15) is 14.4 Å². The van der Waals surface area contributed by atoms with E-state index < -0.39 is 6.04 Å². The molecule has 0 aromatic carbocycles. The van der Waals surface area contributed by atoms with Gasteiger partial charge in [0.1, 0.15) is 6.04 Å². The van der Waals surface area contributed by atoms with Gasteiger partial charge in [0.2, 0.25) is 17.7 Å². The van der Waals surface area contributed by atoms with E-state index in [1.54, 1.807) is 6.08 Å². The van der Waals surface area contributed by atoms with Gasteiger partial charge in [-0.15, -0.1) is 0 Å². The van der Waals surface area contributed by atoms with Crippen molar-refractivity contribution in [3.05, 3.63) is 117 Å². The van der Waals surface area contributed by atoms with E-state index >= 15 is 0 Å². The molecule has 2 rings (SSSR count). The maximum absolute atomic E-state index is 12.8. The predicted octanol–water partition coefficient (Wildman–Crippen LogP) is 10.8. The van der Waals surface area contributed by atoms with E-state index in [2.05, 4.69) is 114 Å². The Morgan fingerprint density at radius 3 is 1.63 bits per heavy atom. The molecular weight excluding hydrogens is 687 g/mol. The summed E-state index contributed by atoms with van der Waals surface area (Å²) in [6.07, 6.45) is 32.8. The second-order valence-electron chi connectivity index (χ2n) is 16.4. The van der Waals surface area contributed by atoms with Gasteiger partial charge in [0.05, 0.1) is 5.88 Å². The second-order valence-corrected chi connectivity index (χ2v) is 16.7. The molecule has 2 aliphatic rings. The van der Waals surface area contributed by atoms with Gasteiger partial charge in [-0.05, 0) is 132 Å². The number of rotatable bonds is 18. The SMILES string of the molecule is CC1=C(/C=C/C(C)=C/C=C/C(C)=C/C(=O)NCCCCC(NC(=O)/C=C(C)/C=C/C=C(C)/C=C/C2=C(C)CCCC2(C)C)C(=O)NCS)C(C)(C)CCC1. The van der Waals surface area contributed by atoms with Gasteiger partial charge >= 0.3 is 0 Å². The minimum atomic E-state index is -0.698.